The fraction of sp³-hybridized carbons (Fsp3) is 0. The largest absolute Gasteiger partial charge is 0.307 e. The third kappa shape index (κ3) is 2.58. The smallest absolute Gasteiger partial charge is 0.0641 e. The van der Waals surface area contributed by atoms with Gasteiger partial charge in [-0.3, -0.25) is 0 Å². The van der Waals surface area contributed by atoms with Crippen LogP contribution < -0.4 is 0 Å². The zero-order chi connectivity index (χ0) is 24.1. The lowest BCUT2D eigenvalue weighted by atomic mass is 10.0. The molecule has 0 amide bonds. The SMILES string of the molecule is c1ccc2c(c1)sc1c(-n3c4ccccc4c4ccc5c(ccc6sc7ccccc7c65)c43)cccc12. The van der Waals surface area contributed by atoms with Gasteiger partial charge in [-0.15, -0.1) is 22.7 Å². The first-order valence-corrected chi connectivity index (χ1v) is 14.2. The minimum Gasteiger partial charge on any atom is -0.307 e. The van der Waals surface area contributed by atoms with Gasteiger partial charge in [-0.25, -0.2) is 0 Å². The molecule has 0 aliphatic carbocycles. The molecule has 37 heavy (non-hydrogen) atoms. The van der Waals surface area contributed by atoms with Crippen LogP contribution in [0.1, 0.15) is 0 Å². The van der Waals surface area contributed by atoms with Gasteiger partial charge in [0.15, 0.2) is 0 Å². The van der Waals surface area contributed by atoms with E-state index in [2.05, 4.69) is 120 Å². The molecule has 3 aromatic heterocycles. The summed E-state index contributed by atoms with van der Waals surface area (Å²) in [4.78, 5) is 0. The number of benzene rings is 6. The van der Waals surface area contributed by atoms with E-state index in [9.17, 15) is 0 Å². The standard InChI is InChI=1S/C34H19NS2/c1-4-12-27-20(8-1)23-17-16-22-24(18-19-31-32(22)26-10-3-6-15-30(26)36-31)33(23)35(27)28-13-7-11-25-21-9-2-5-14-29(21)37-34(25)28/h1-19H. The quantitative estimate of drug-likeness (QED) is 0.209. The molecule has 3 heterocycles. The van der Waals surface area contributed by atoms with Crippen molar-refractivity contribution in [3.8, 4) is 5.69 Å². The lowest BCUT2D eigenvalue weighted by molar-refractivity contribution is 1.21. The molecule has 6 aromatic carbocycles. The number of thiophene rings is 2. The van der Waals surface area contributed by atoms with E-state index in [1.165, 1.54) is 78.6 Å². The zero-order valence-corrected chi connectivity index (χ0v) is 21.4. The molecule has 0 N–H and O–H groups in total. The van der Waals surface area contributed by atoms with Crippen molar-refractivity contribution in [2.45, 2.75) is 0 Å². The van der Waals surface area contributed by atoms with Gasteiger partial charge in [0.05, 0.1) is 21.4 Å². The minimum absolute atomic E-state index is 1.25. The Morgan fingerprint density at radius 1 is 0.405 bits per heavy atom. The predicted octanol–water partition coefficient (Wildman–Crippen LogP) is 10.7. The first-order chi connectivity index (χ1) is 18.4. The summed E-state index contributed by atoms with van der Waals surface area (Å²) in [6.07, 6.45) is 0. The molecule has 1 nitrogen and oxygen atoms in total. The molecular formula is C34H19NS2. The van der Waals surface area contributed by atoms with E-state index in [1.807, 2.05) is 22.7 Å². The van der Waals surface area contributed by atoms with Crippen LogP contribution in [-0.2, 0) is 0 Å². The van der Waals surface area contributed by atoms with Crippen molar-refractivity contribution in [1.82, 2.24) is 4.57 Å². The number of para-hydroxylation sites is 1. The van der Waals surface area contributed by atoms with Crippen LogP contribution in [0.4, 0.5) is 0 Å². The first kappa shape index (κ1) is 19.9. The van der Waals surface area contributed by atoms with Crippen LogP contribution in [0.2, 0.25) is 0 Å². The lowest BCUT2D eigenvalue weighted by Crippen LogP contribution is -1.94. The highest BCUT2D eigenvalue weighted by atomic mass is 32.1. The zero-order valence-electron chi connectivity index (χ0n) is 19.7. The van der Waals surface area contributed by atoms with Crippen molar-refractivity contribution in [2.75, 3.05) is 0 Å². The molecule has 0 bridgehead atoms. The van der Waals surface area contributed by atoms with Gasteiger partial charge >= 0.3 is 0 Å². The summed E-state index contributed by atoms with van der Waals surface area (Å²) in [5.41, 5.74) is 3.80. The Hall–Kier alpha value is -4.18. The van der Waals surface area contributed by atoms with Gasteiger partial charge in [-0.1, -0.05) is 84.9 Å². The monoisotopic (exact) mass is 505 g/mol. The fourth-order valence-corrected chi connectivity index (χ4v) is 8.57. The van der Waals surface area contributed by atoms with Crippen LogP contribution in [0, 0.1) is 0 Å². The fourth-order valence-electron chi connectivity index (χ4n) is 6.25. The molecule has 9 aromatic rings. The van der Waals surface area contributed by atoms with Crippen LogP contribution in [0.5, 0.6) is 0 Å². The summed E-state index contributed by atoms with van der Waals surface area (Å²) in [7, 11) is 0. The number of hydrogen-bond donors (Lipinski definition) is 0. The Balaban J connectivity index is 1.52. The number of aromatic nitrogens is 1. The molecule has 0 saturated heterocycles. The van der Waals surface area contributed by atoms with Gasteiger partial charge < -0.3 is 4.57 Å². The van der Waals surface area contributed by atoms with Crippen molar-refractivity contribution in [2.24, 2.45) is 0 Å². The molecule has 0 unspecified atom stereocenters. The maximum atomic E-state index is 2.52. The highest BCUT2D eigenvalue weighted by Crippen LogP contribution is 2.45. The Morgan fingerprint density at radius 2 is 1.05 bits per heavy atom. The van der Waals surface area contributed by atoms with Gasteiger partial charge in [-0.2, -0.15) is 0 Å². The maximum Gasteiger partial charge on any atom is 0.0641 e. The summed E-state index contributed by atoms with van der Waals surface area (Å²) >= 11 is 3.78. The van der Waals surface area contributed by atoms with Gasteiger partial charge in [0.25, 0.3) is 0 Å². The average Bonchev–Trinajstić information content (AvgIpc) is 3.62. The molecule has 9 rings (SSSR count). The predicted molar refractivity (Wildman–Crippen MR) is 164 cm³/mol. The van der Waals surface area contributed by atoms with Crippen LogP contribution in [0.15, 0.2) is 115 Å². The first-order valence-electron chi connectivity index (χ1n) is 12.5. The van der Waals surface area contributed by atoms with Crippen LogP contribution in [0.25, 0.3) is 78.6 Å². The third-order valence-electron chi connectivity index (χ3n) is 7.79. The second-order valence-corrected chi connectivity index (χ2v) is 11.8. The third-order valence-corrected chi connectivity index (χ3v) is 10.1. The lowest BCUT2D eigenvalue weighted by Gasteiger charge is -2.12. The van der Waals surface area contributed by atoms with Crippen molar-refractivity contribution < 1.29 is 0 Å². The van der Waals surface area contributed by atoms with E-state index in [-0.39, 0.29) is 0 Å². The number of hydrogen-bond acceptors (Lipinski definition) is 2. The molecule has 0 atom stereocenters. The summed E-state index contributed by atoms with van der Waals surface area (Å²) in [6.45, 7) is 0. The highest BCUT2D eigenvalue weighted by Gasteiger charge is 2.19. The molecule has 0 aliphatic heterocycles. The van der Waals surface area contributed by atoms with Gasteiger partial charge in [-0.05, 0) is 35.7 Å². The van der Waals surface area contributed by atoms with Crippen molar-refractivity contribution in [3.05, 3.63) is 115 Å². The average molecular weight is 506 g/mol. The van der Waals surface area contributed by atoms with E-state index in [4.69, 9.17) is 0 Å². The number of rotatable bonds is 1. The maximum absolute atomic E-state index is 2.52. The van der Waals surface area contributed by atoms with Crippen LogP contribution in [-0.4, -0.2) is 4.57 Å². The number of fused-ring (bicyclic) bond motifs is 12. The topological polar surface area (TPSA) is 4.93 Å². The Kier molecular flexibility index (Phi) is 3.88. The second-order valence-electron chi connectivity index (χ2n) is 9.70. The molecule has 0 spiro atoms. The second kappa shape index (κ2) is 7.19. The molecule has 0 fully saturated rings. The van der Waals surface area contributed by atoms with Gasteiger partial charge in [0.2, 0.25) is 0 Å². The van der Waals surface area contributed by atoms with Crippen molar-refractivity contribution in [1.29, 1.82) is 0 Å². The molecule has 0 aliphatic rings. The highest BCUT2D eigenvalue weighted by molar-refractivity contribution is 7.26. The molecule has 0 radical (unpaired) electrons. The Labute approximate surface area is 220 Å². The normalized spacial score (nSPS) is 12.3. The molecule has 0 saturated carbocycles. The molecule has 172 valence electrons. The summed E-state index contributed by atoms with van der Waals surface area (Å²) < 4.78 is 7.89. The van der Waals surface area contributed by atoms with E-state index >= 15 is 0 Å². The van der Waals surface area contributed by atoms with E-state index < -0.39 is 0 Å². The molecular weight excluding hydrogens is 487 g/mol. The van der Waals surface area contributed by atoms with Crippen LogP contribution >= 0.6 is 22.7 Å². The van der Waals surface area contributed by atoms with Crippen molar-refractivity contribution in [3.63, 3.8) is 0 Å². The van der Waals surface area contributed by atoms with E-state index in [0.29, 0.717) is 0 Å². The molecule has 3 heteroatoms. The number of nitrogens with zero attached hydrogens (tertiary/aromatic N) is 1. The van der Waals surface area contributed by atoms with E-state index in [0.717, 1.165) is 0 Å². The minimum atomic E-state index is 1.25. The summed E-state index contributed by atoms with van der Waals surface area (Å²) in [5, 5.41) is 10.6. The van der Waals surface area contributed by atoms with Gasteiger partial charge in [0.1, 0.15) is 0 Å². The van der Waals surface area contributed by atoms with E-state index in [1.54, 1.807) is 0 Å². The summed E-state index contributed by atoms with van der Waals surface area (Å²) in [6, 6.07) is 42.6. The Morgan fingerprint density at radius 3 is 1.95 bits per heavy atom. The van der Waals surface area contributed by atoms with Gasteiger partial charge in [0, 0.05) is 51.8 Å². The Bertz CT molecular complexity index is 2360. The van der Waals surface area contributed by atoms with Crippen LogP contribution in [0.3, 0.4) is 0 Å². The van der Waals surface area contributed by atoms with Crippen molar-refractivity contribution >= 4 is 95.6 Å². The summed E-state index contributed by atoms with van der Waals surface area (Å²) in [5.74, 6) is 0.